The number of rotatable bonds is 6. The lowest BCUT2D eigenvalue weighted by Gasteiger charge is -2.25. The Labute approximate surface area is 212 Å². The molecule has 7 nitrogen and oxygen atoms in total. The molecule has 36 heavy (non-hydrogen) atoms. The Morgan fingerprint density at radius 2 is 1.89 bits per heavy atom. The maximum atomic E-state index is 13.2. The Bertz CT molecular complexity index is 1520. The lowest BCUT2D eigenvalue weighted by atomic mass is 9.95. The van der Waals surface area contributed by atoms with Crippen molar-refractivity contribution >= 4 is 40.0 Å². The molecule has 1 amide bonds. The predicted molar refractivity (Wildman–Crippen MR) is 137 cm³/mol. The van der Waals surface area contributed by atoms with Gasteiger partial charge < -0.3 is 24.8 Å². The predicted octanol–water partition coefficient (Wildman–Crippen LogP) is 5.20. The molecule has 1 saturated heterocycles. The van der Waals surface area contributed by atoms with Crippen LogP contribution < -0.4 is 4.74 Å². The fraction of sp³-hybridized carbons (Fsp3) is 0.143. The van der Waals surface area contributed by atoms with Crippen LogP contribution in [-0.2, 0) is 16.0 Å². The highest BCUT2D eigenvalue weighted by atomic mass is 35.5. The van der Waals surface area contributed by atoms with Crippen molar-refractivity contribution in [2.75, 3.05) is 13.7 Å². The third-order valence-corrected chi connectivity index (χ3v) is 6.74. The van der Waals surface area contributed by atoms with Gasteiger partial charge in [0.05, 0.1) is 23.7 Å². The number of para-hydroxylation sites is 1. The molecule has 3 aromatic carbocycles. The second kappa shape index (κ2) is 9.43. The lowest BCUT2D eigenvalue weighted by molar-refractivity contribution is -0.139. The van der Waals surface area contributed by atoms with Crippen LogP contribution >= 0.6 is 11.6 Å². The minimum Gasteiger partial charge on any atom is -0.508 e. The number of nitrogens with zero attached hydrogens (tertiary/aromatic N) is 1. The molecule has 0 saturated carbocycles. The summed E-state index contributed by atoms with van der Waals surface area (Å²) < 4.78 is 5.17. The molecule has 0 bridgehead atoms. The van der Waals surface area contributed by atoms with Gasteiger partial charge >= 0.3 is 0 Å². The first-order chi connectivity index (χ1) is 17.4. The van der Waals surface area contributed by atoms with Gasteiger partial charge in [0.1, 0.15) is 17.3 Å². The number of fused-ring (bicyclic) bond motifs is 1. The van der Waals surface area contributed by atoms with E-state index >= 15 is 0 Å². The van der Waals surface area contributed by atoms with Crippen LogP contribution in [-0.4, -0.2) is 45.4 Å². The van der Waals surface area contributed by atoms with E-state index in [9.17, 15) is 19.8 Å². The number of aromatic amines is 1. The SMILES string of the molecule is COc1ccc(/C(O)=C2\C(=O)C(=O)N(CCc3c[nH]c4ccccc34)C2c2cccc(O)c2)cc1Cl. The number of aromatic hydroxyl groups is 1. The molecule has 5 rings (SSSR count). The van der Waals surface area contributed by atoms with Crippen molar-refractivity contribution in [3.8, 4) is 11.5 Å². The number of aromatic nitrogens is 1. The van der Waals surface area contributed by atoms with Crippen molar-refractivity contribution < 1.29 is 24.5 Å². The van der Waals surface area contributed by atoms with Crippen LogP contribution in [0, 0.1) is 0 Å². The monoisotopic (exact) mass is 502 g/mol. The zero-order chi connectivity index (χ0) is 25.4. The molecule has 1 atom stereocenters. The highest BCUT2D eigenvalue weighted by Crippen LogP contribution is 2.41. The Morgan fingerprint density at radius 3 is 2.64 bits per heavy atom. The highest BCUT2D eigenvalue weighted by molar-refractivity contribution is 6.46. The number of amides is 1. The average Bonchev–Trinajstić information content (AvgIpc) is 3.40. The van der Waals surface area contributed by atoms with Gasteiger partial charge in [0.25, 0.3) is 11.7 Å². The molecule has 1 aliphatic rings. The third kappa shape index (κ3) is 4.07. The van der Waals surface area contributed by atoms with Crippen LogP contribution in [0.25, 0.3) is 16.7 Å². The highest BCUT2D eigenvalue weighted by Gasteiger charge is 2.46. The maximum Gasteiger partial charge on any atom is 0.295 e. The zero-order valence-electron chi connectivity index (χ0n) is 19.4. The van der Waals surface area contributed by atoms with Gasteiger partial charge in [0.15, 0.2) is 0 Å². The molecule has 4 aromatic rings. The fourth-order valence-corrected chi connectivity index (χ4v) is 4.96. The summed E-state index contributed by atoms with van der Waals surface area (Å²) in [5.74, 6) is -1.46. The van der Waals surface area contributed by atoms with Crippen LogP contribution in [0.5, 0.6) is 11.5 Å². The Morgan fingerprint density at radius 1 is 1.08 bits per heavy atom. The molecular weight excluding hydrogens is 480 g/mol. The summed E-state index contributed by atoms with van der Waals surface area (Å²) in [6, 6.07) is 17.9. The summed E-state index contributed by atoms with van der Waals surface area (Å²) >= 11 is 6.25. The molecule has 1 aliphatic heterocycles. The fourth-order valence-electron chi connectivity index (χ4n) is 4.70. The Hall–Kier alpha value is -4.23. The summed E-state index contributed by atoms with van der Waals surface area (Å²) in [4.78, 5) is 31.1. The largest absolute Gasteiger partial charge is 0.508 e. The van der Waals surface area contributed by atoms with E-state index in [1.165, 1.54) is 30.2 Å². The zero-order valence-corrected chi connectivity index (χ0v) is 20.1. The third-order valence-electron chi connectivity index (χ3n) is 6.45. The van der Waals surface area contributed by atoms with Crippen LogP contribution in [0.1, 0.15) is 22.7 Å². The number of carbonyl (C=O) groups is 2. The molecule has 0 aliphatic carbocycles. The van der Waals surface area contributed by atoms with Gasteiger partial charge in [0, 0.05) is 29.2 Å². The number of nitrogens with one attached hydrogen (secondary N) is 1. The molecule has 3 N–H and O–H groups in total. The van der Waals surface area contributed by atoms with Crippen LogP contribution in [0.2, 0.25) is 5.02 Å². The topological polar surface area (TPSA) is 103 Å². The van der Waals surface area contributed by atoms with Crippen LogP contribution in [0.4, 0.5) is 0 Å². The van der Waals surface area contributed by atoms with Crippen molar-refractivity contribution in [2.24, 2.45) is 0 Å². The smallest absolute Gasteiger partial charge is 0.295 e. The van der Waals surface area contributed by atoms with Gasteiger partial charge in [-0.1, -0.05) is 41.9 Å². The number of hydrogen-bond acceptors (Lipinski definition) is 5. The number of ketones is 1. The van der Waals surface area contributed by atoms with Gasteiger partial charge in [-0.3, -0.25) is 9.59 Å². The quantitative estimate of drug-likeness (QED) is 0.191. The molecule has 0 radical (unpaired) electrons. The maximum absolute atomic E-state index is 13.2. The van der Waals surface area contributed by atoms with E-state index in [0.29, 0.717) is 17.7 Å². The number of carbonyl (C=O) groups excluding carboxylic acids is 2. The van der Waals surface area contributed by atoms with Crippen molar-refractivity contribution in [1.82, 2.24) is 9.88 Å². The number of hydrogen-bond donors (Lipinski definition) is 3. The molecule has 182 valence electrons. The van der Waals surface area contributed by atoms with Crippen LogP contribution in [0.15, 0.2) is 78.5 Å². The number of H-pyrrole nitrogens is 1. The summed E-state index contributed by atoms with van der Waals surface area (Å²) in [6.45, 7) is 0.229. The van der Waals surface area contributed by atoms with Crippen molar-refractivity contribution in [3.63, 3.8) is 0 Å². The number of phenolic OH excluding ortho intramolecular Hbond substituents is 1. The molecule has 0 spiro atoms. The Balaban J connectivity index is 1.58. The number of aliphatic hydroxyl groups is 1. The molecular formula is C28H23ClN2O5. The molecule has 2 heterocycles. The van der Waals surface area contributed by atoms with Crippen LogP contribution in [0.3, 0.4) is 0 Å². The first-order valence-corrected chi connectivity index (χ1v) is 11.7. The minimum atomic E-state index is -0.886. The van der Waals surface area contributed by atoms with Gasteiger partial charge in [-0.15, -0.1) is 0 Å². The number of Topliss-reactive ketones (excluding diaryl/α,β-unsaturated/α-hetero) is 1. The summed E-state index contributed by atoms with van der Waals surface area (Å²) in [6.07, 6.45) is 2.38. The molecule has 1 unspecified atom stereocenters. The molecule has 1 fully saturated rings. The minimum absolute atomic E-state index is 0.0118. The number of halogens is 1. The molecule has 1 aromatic heterocycles. The standard InChI is InChI=1S/C28H23ClN2O5/c1-36-23-10-9-17(14-21(23)29)26(33)24-25(16-5-4-6-19(32)13-16)31(28(35)27(24)34)12-11-18-15-30-22-8-3-2-7-20(18)22/h2-10,13-15,25,30,32-33H,11-12H2,1H3/b26-24+. The van der Waals surface area contributed by atoms with Crippen molar-refractivity contribution in [1.29, 1.82) is 0 Å². The van der Waals surface area contributed by atoms with E-state index in [0.717, 1.165) is 16.5 Å². The van der Waals surface area contributed by atoms with E-state index in [1.807, 2.05) is 30.5 Å². The number of phenols is 1. The summed E-state index contributed by atoms with van der Waals surface area (Å²) in [5.41, 5.74) is 2.71. The van der Waals surface area contributed by atoms with Gasteiger partial charge in [-0.25, -0.2) is 0 Å². The number of methoxy groups -OCH3 is 1. The first kappa shape index (κ1) is 23.5. The lowest BCUT2D eigenvalue weighted by Crippen LogP contribution is -2.31. The van der Waals surface area contributed by atoms with E-state index in [4.69, 9.17) is 16.3 Å². The molecule has 8 heteroatoms. The second-order valence-corrected chi connectivity index (χ2v) is 8.95. The van der Waals surface area contributed by atoms with Gasteiger partial charge in [0.2, 0.25) is 0 Å². The van der Waals surface area contributed by atoms with E-state index < -0.39 is 17.7 Å². The average molecular weight is 503 g/mol. The summed E-state index contributed by atoms with van der Waals surface area (Å²) in [5, 5.41) is 22.6. The van der Waals surface area contributed by atoms with Gasteiger partial charge in [-0.2, -0.15) is 0 Å². The van der Waals surface area contributed by atoms with Gasteiger partial charge in [-0.05, 0) is 53.9 Å². The van der Waals surface area contributed by atoms with E-state index in [2.05, 4.69) is 4.98 Å². The number of aliphatic hydroxyl groups excluding tert-OH is 1. The number of ether oxygens (including phenoxy) is 1. The first-order valence-electron chi connectivity index (χ1n) is 11.3. The normalized spacial score (nSPS) is 17.2. The van der Waals surface area contributed by atoms with E-state index in [-0.39, 0.29) is 34.2 Å². The van der Waals surface area contributed by atoms with Crippen molar-refractivity contribution in [3.05, 3.63) is 100 Å². The van der Waals surface area contributed by atoms with E-state index in [1.54, 1.807) is 24.3 Å². The second-order valence-electron chi connectivity index (χ2n) is 8.55. The number of benzene rings is 3. The summed E-state index contributed by atoms with van der Waals surface area (Å²) in [7, 11) is 1.47. The Kier molecular flexibility index (Phi) is 6.16. The van der Waals surface area contributed by atoms with Crippen molar-refractivity contribution in [2.45, 2.75) is 12.5 Å². The number of likely N-dealkylation sites (tertiary alicyclic amines) is 1.